The smallest absolute Gasteiger partial charge is 0.224 e. The van der Waals surface area contributed by atoms with Crippen molar-refractivity contribution in [2.45, 2.75) is 27.2 Å². The zero-order chi connectivity index (χ0) is 27.1. The summed E-state index contributed by atoms with van der Waals surface area (Å²) in [7, 11) is 0. The third kappa shape index (κ3) is 4.88. The first-order valence-corrected chi connectivity index (χ1v) is 12.7. The summed E-state index contributed by atoms with van der Waals surface area (Å²) in [5.41, 5.74) is 6.77. The fourth-order valence-electron chi connectivity index (χ4n) is 4.82. The second-order valence-corrected chi connectivity index (χ2v) is 10.9. The topological polar surface area (TPSA) is 99.3 Å². The highest BCUT2D eigenvalue weighted by Gasteiger charge is 2.18. The van der Waals surface area contributed by atoms with E-state index in [1.807, 2.05) is 57.2 Å². The number of anilines is 1. The van der Waals surface area contributed by atoms with Gasteiger partial charge in [0.25, 0.3) is 0 Å². The first kappa shape index (κ1) is 24.5. The molecule has 0 aliphatic heterocycles. The molecule has 6 aromatic rings. The zero-order valence-electron chi connectivity index (χ0n) is 21.8. The molecule has 8 heteroatoms. The summed E-state index contributed by atoms with van der Waals surface area (Å²) in [6, 6.07) is 16.6. The predicted octanol–water partition coefficient (Wildman–Crippen LogP) is 7.35. The van der Waals surface area contributed by atoms with E-state index in [0.717, 1.165) is 44.3 Å². The van der Waals surface area contributed by atoms with Gasteiger partial charge in [-0.25, -0.2) is 4.39 Å². The molecular formula is C31H27FN6O. The molecule has 0 unspecified atom stereocenters. The number of carbonyl (C=O) groups is 1. The Hall–Kier alpha value is -4.85. The Morgan fingerprint density at radius 1 is 0.872 bits per heavy atom. The van der Waals surface area contributed by atoms with Gasteiger partial charge >= 0.3 is 0 Å². The van der Waals surface area contributed by atoms with Gasteiger partial charge in [-0.1, -0.05) is 45.0 Å². The largest absolute Gasteiger partial charge is 0.352 e. The summed E-state index contributed by atoms with van der Waals surface area (Å²) in [6.45, 7) is 6.09. The molecular weight excluding hydrogens is 491 g/mol. The lowest BCUT2D eigenvalue weighted by Crippen LogP contribution is -2.19. The van der Waals surface area contributed by atoms with Gasteiger partial charge in [0.05, 0.1) is 34.8 Å². The second kappa shape index (κ2) is 9.47. The van der Waals surface area contributed by atoms with Crippen molar-refractivity contribution in [2.75, 3.05) is 5.32 Å². The fourth-order valence-corrected chi connectivity index (χ4v) is 4.82. The van der Waals surface area contributed by atoms with E-state index in [2.05, 4.69) is 30.5 Å². The molecule has 0 bridgehead atoms. The number of aromatic nitrogens is 5. The van der Waals surface area contributed by atoms with Crippen LogP contribution in [0.2, 0.25) is 0 Å². The summed E-state index contributed by atoms with van der Waals surface area (Å²) < 4.78 is 14.6. The van der Waals surface area contributed by atoms with Crippen LogP contribution in [0.15, 0.2) is 79.4 Å². The second-order valence-electron chi connectivity index (χ2n) is 10.9. The van der Waals surface area contributed by atoms with Crippen LogP contribution in [0.5, 0.6) is 0 Å². The Labute approximate surface area is 224 Å². The summed E-state index contributed by atoms with van der Waals surface area (Å²) in [6.07, 6.45) is 7.25. The summed E-state index contributed by atoms with van der Waals surface area (Å²) >= 11 is 0. The number of hydrogen-bond donors (Lipinski definition) is 3. The molecule has 2 aromatic carbocycles. The van der Waals surface area contributed by atoms with Gasteiger partial charge in [0.2, 0.25) is 5.91 Å². The van der Waals surface area contributed by atoms with E-state index in [1.165, 1.54) is 6.07 Å². The van der Waals surface area contributed by atoms with E-state index in [0.29, 0.717) is 23.2 Å². The third-order valence-corrected chi connectivity index (χ3v) is 6.57. The van der Waals surface area contributed by atoms with Crippen LogP contribution in [0, 0.1) is 11.2 Å². The van der Waals surface area contributed by atoms with Crippen molar-refractivity contribution in [1.29, 1.82) is 0 Å². The van der Waals surface area contributed by atoms with Crippen LogP contribution in [0.4, 0.5) is 10.1 Å². The molecule has 0 saturated carbocycles. The minimum atomic E-state index is -0.296. The number of rotatable bonds is 5. The van der Waals surface area contributed by atoms with Gasteiger partial charge in [0.15, 0.2) is 0 Å². The van der Waals surface area contributed by atoms with Crippen LogP contribution in [-0.4, -0.2) is 31.1 Å². The molecule has 0 radical (unpaired) electrons. The van der Waals surface area contributed by atoms with Crippen LogP contribution in [0.25, 0.3) is 55.4 Å². The molecule has 0 spiro atoms. The van der Waals surface area contributed by atoms with Crippen molar-refractivity contribution >= 4 is 33.4 Å². The van der Waals surface area contributed by atoms with E-state index in [1.54, 1.807) is 36.9 Å². The minimum Gasteiger partial charge on any atom is -0.352 e. The standard InChI is InChI=1S/C31H27FN6O/c1-31(2,3)13-29(39)35-20-10-19(14-33-15-20)18-8-9-26-23(11-18)30(38-37-26)27-12-22-24(16-34-17-28(22)36-27)21-6-4-5-7-25(21)32/h4-12,14-17,36H,13H2,1-3H3,(H,35,39)(H,37,38). The van der Waals surface area contributed by atoms with Gasteiger partial charge in [-0.3, -0.25) is 19.9 Å². The Balaban J connectivity index is 1.37. The molecule has 7 nitrogen and oxygen atoms in total. The highest BCUT2D eigenvalue weighted by atomic mass is 19.1. The monoisotopic (exact) mass is 518 g/mol. The summed E-state index contributed by atoms with van der Waals surface area (Å²) in [5, 5.41) is 12.4. The first-order valence-electron chi connectivity index (χ1n) is 12.7. The van der Waals surface area contributed by atoms with Gasteiger partial charge in [-0.05, 0) is 41.3 Å². The van der Waals surface area contributed by atoms with E-state index < -0.39 is 0 Å². The van der Waals surface area contributed by atoms with Crippen LogP contribution in [0.1, 0.15) is 27.2 Å². The fraction of sp³-hybridized carbons (Fsp3) is 0.161. The molecule has 4 aromatic heterocycles. The first-order chi connectivity index (χ1) is 18.7. The van der Waals surface area contributed by atoms with Gasteiger partial charge in [0, 0.05) is 46.3 Å². The lowest BCUT2D eigenvalue weighted by molar-refractivity contribution is -0.117. The van der Waals surface area contributed by atoms with Gasteiger partial charge < -0.3 is 10.3 Å². The SMILES string of the molecule is CC(C)(C)CC(=O)Nc1cncc(-c2ccc3[nH]nc(-c4cc5c(-c6ccccc6F)cncc5[nH]4)c3c2)c1. The van der Waals surface area contributed by atoms with E-state index in [9.17, 15) is 9.18 Å². The van der Waals surface area contributed by atoms with E-state index in [-0.39, 0.29) is 17.1 Å². The number of amides is 1. The third-order valence-electron chi connectivity index (χ3n) is 6.57. The molecule has 0 atom stereocenters. The van der Waals surface area contributed by atoms with Crippen molar-refractivity contribution in [3.63, 3.8) is 0 Å². The normalized spacial score (nSPS) is 11.8. The Bertz CT molecular complexity index is 1850. The molecule has 0 fully saturated rings. The number of halogens is 1. The van der Waals surface area contributed by atoms with Crippen LogP contribution < -0.4 is 5.32 Å². The number of nitrogens with one attached hydrogen (secondary N) is 3. The van der Waals surface area contributed by atoms with Gasteiger partial charge in [-0.15, -0.1) is 0 Å². The maximum absolute atomic E-state index is 14.6. The zero-order valence-corrected chi connectivity index (χ0v) is 21.8. The van der Waals surface area contributed by atoms with Crippen molar-refractivity contribution in [2.24, 2.45) is 5.41 Å². The maximum Gasteiger partial charge on any atom is 0.224 e. The molecule has 4 heterocycles. The van der Waals surface area contributed by atoms with Crippen molar-refractivity contribution in [3.05, 3.63) is 85.2 Å². The van der Waals surface area contributed by atoms with E-state index in [4.69, 9.17) is 0 Å². The molecule has 0 aliphatic carbocycles. The highest BCUT2D eigenvalue weighted by molar-refractivity contribution is 6.01. The molecule has 0 aliphatic rings. The number of fused-ring (bicyclic) bond motifs is 2. The van der Waals surface area contributed by atoms with Gasteiger partial charge in [-0.2, -0.15) is 5.10 Å². The minimum absolute atomic E-state index is 0.0444. The Morgan fingerprint density at radius 3 is 2.51 bits per heavy atom. The number of nitrogens with zero attached hydrogens (tertiary/aromatic N) is 3. The quantitative estimate of drug-likeness (QED) is 0.222. The molecule has 3 N–H and O–H groups in total. The number of benzene rings is 2. The van der Waals surface area contributed by atoms with Crippen LogP contribution in [0.3, 0.4) is 0 Å². The molecule has 6 rings (SSSR count). The highest BCUT2D eigenvalue weighted by Crippen LogP contribution is 2.35. The van der Waals surface area contributed by atoms with Crippen LogP contribution >= 0.6 is 0 Å². The summed E-state index contributed by atoms with van der Waals surface area (Å²) in [4.78, 5) is 24.5. The average molecular weight is 519 g/mol. The van der Waals surface area contributed by atoms with Crippen LogP contribution in [-0.2, 0) is 4.79 Å². The van der Waals surface area contributed by atoms with E-state index >= 15 is 0 Å². The van der Waals surface area contributed by atoms with Crippen molar-refractivity contribution in [3.8, 4) is 33.6 Å². The molecule has 1 amide bonds. The molecule has 39 heavy (non-hydrogen) atoms. The molecule has 0 saturated heterocycles. The number of pyridine rings is 2. The number of carbonyl (C=O) groups excluding carboxylic acids is 1. The maximum atomic E-state index is 14.6. The summed E-state index contributed by atoms with van der Waals surface area (Å²) in [5.74, 6) is -0.341. The lowest BCUT2D eigenvalue weighted by Gasteiger charge is -2.17. The Kier molecular flexibility index (Phi) is 5.95. The van der Waals surface area contributed by atoms with Crippen molar-refractivity contribution < 1.29 is 9.18 Å². The lowest BCUT2D eigenvalue weighted by atomic mass is 9.92. The number of hydrogen-bond acceptors (Lipinski definition) is 4. The average Bonchev–Trinajstić information content (AvgIpc) is 3.51. The van der Waals surface area contributed by atoms with Crippen molar-refractivity contribution in [1.82, 2.24) is 25.1 Å². The van der Waals surface area contributed by atoms with Gasteiger partial charge in [0.1, 0.15) is 11.5 Å². The number of aromatic amines is 2. The number of H-pyrrole nitrogens is 2. The molecule has 194 valence electrons. The Morgan fingerprint density at radius 2 is 1.69 bits per heavy atom. The predicted molar refractivity (Wildman–Crippen MR) is 153 cm³/mol.